The largest absolute Gasteiger partial charge is 0.507 e. The van der Waals surface area contributed by atoms with Crippen molar-refractivity contribution in [3.8, 4) is 5.75 Å². The molecule has 2 aromatic rings. The predicted molar refractivity (Wildman–Crippen MR) is 90.4 cm³/mol. The van der Waals surface area contributed by atoms with E-state index >= 15 is 0 Å². The molecule has 0 spiro atoms. The van der Waals surface area contributed by atoms with Crippen LogP contribution in [-0.2, 0) is 0 Å². The topological polar surface area (TPSA) is 44.3 Å². The van der Waals surface area contributed by atoms with Gasteiger partial charge in [-0.25, -0.2) is 5.43 Å². The normalized spacial score (nSPS) is 17.5. The van der Waals surface area contributed by atoms with Gasteiger partial charge in [-0.3, -0.25) is 0 Å². The lowest BCUT2D eigenvalue weighted by molar-refractivity contribution is 0.472. The summed E-state index contributed by atoms with van der Waals surface area (Å²) in [4.78, 5) is 0. The summed E-state index contributed by atoms with van der Waals surface area (Å²) >= 11 is 0. The Kier molecular flexibility index (Phi) is 3.90. The number of phenols is 1. The molecule has 0 saturated heterocycles. The summed E-state index contributed by atoms with van der Waals surface area (Å²) in [5.74, 6) is 0.834. The highest BCUT2D eigenvalue weighted by Gasteiger charge is 2.19. The van der Waals surface area contributed by atoms with Gasteiger partial charge in [0.15, 0.2) is 0 Å². The zero-order valence-corrected chi connectivity index (χ0v) is 13.2. The van der Waals surface area contributed by atoms with Crippen LogP contribution in [0.5, 0.6) is 5.75 Å². The van der Waals surface area contributed by atoms with Gasteiger partial charge in [0, 0.05) is 5.56 Å². The summed E-state index contributed by atoms with van der Waals surface area (Å²) in [5, 5.41) is 10.0. The fourth-order valence-electron chi connectivity index (χ4n) is 2.70. The van der Waals surface area contributed by atoms with Crippen LogP contribution in [0, 0.1) is 6.92 Å². The van der Waals surface area contributed by atoms with Crippen LogP contribution in [0.25, 0.3) is 5.70 Å². The van der Waals surface area contributed by atoms with Crippen molar-refractivity contribution < 1.29 is 5.11 Å². The summed E-state index contributed by atoms with van der Waals surface area (Å²) in [6.45, 7) is 6.42. The minimum atomic E-state index is 0.108. The van der Waals surface area contributed by atoms with Gasteiger partial charge in [0.2, 0.25) is 0 Å². The number of phenolic OH excluding ortho intramolecular Hbond substituents is 1. The molecular formula is C19H22N2O. The quantitative estimate of drug-likeness (QED) is 0.801. The van der Waals surface area contributed by atoms with Crippen molar-refractivity contribution in [2.45, 2.75) is 32.7 Å². The smallest absolute Gasteiger partial charge is 0.124 e. The first-order valence-corrected chi connectivity index (χ1v) is 7.68. The van der Waals surface area contributed by atoms with E-state index in [1.807, 2.05) is 19.1 Å². The van der Waals surface area contributed by atoms with Gasteiger partial charge in [0.05, 0.1) is 11.7 Å². The fraction of sp³-hybridized carbons (Fsp3) is 0.263. The summed E-state index contributed by atoms with van der Waals surface area (Å²) in [6, 6.07) is 14.4. The number of rotatable bonds is 3. The molecule has 1 heterocycles. The second kappa shape index (κ2) is 5.85. The molecule has 0 fully saturated rings. The van der Waals surface area contributed by atoms with Crippen molar-refractivity contribution in [3.05, 3.63) is 70.8 Å². The van der Waals surface area contributed by atoms with Gasteiger partial charge < -0.3 is 10.5 Å². The molecule has 0 aromatic heterocycles. The van der Waals surface area contributed by atoms with Crippen molar-refractivity contribution in [2.24, 2.45) is 0 Å². The van der Waals surface area contributed by atoms with Gasteiger partial charge in [0.25, 0.3) is 0 Å². The molecule has 2 aromatic carbocycles. The molecule has 0 amide bonds. The van der Waals surface area contributed by atoms with E-state index in [0.29, 0.717) is 11.7 Å². The highest BCUT2D eigenvalue weighted by atomic mass is 16.3. The Balaban J connectivity index is 1.86. The van der Waals surface area contributed by atoms with Crippen molar-refractivity contribution in [3.63, 3.8) is 0 Å². The van der Waals surface area contributed by atoms with Crippen LogP contribution in [0.1, 0.15) is 48.1 Å². The third-order valence-electron chi connectivity index (χ3n) is 4.10. The zero-order chi connectivity index (χ0) is 15.7. The van der Waals surface area contributed by atoms with Crippen LogP contribution in [0.15, 0.2) is 48.5 Å². The van der Waals surface area contributed by atoms with E-state index in [1.165, 1.54) is 11.1 Å². The van der Waals surface area contributed by atoms with Crippen LogP contribution in [0.4, 0.5) is 0 Å². The predicted octanol–water partition coefficient (Wildman–Crippen LogP) is 4.01. The molecule has 114 valence electrons. The van der Waals surface area contributed by atoms with Gasteiger partial charge >= 0.3 is 0 Å². The van der Waals surface area contributed by atoms with Gasteiger partial charge in [-0.2, -0.15) is 0 Å². The van der Waals surface area contributed by atoms with Gasteiger partial charge in [-0.1, -0.05) is 49.7 Å². The summed E-state index contributed by atoms with van der Waals surface area (Å²) in [5.41, 5.74) is 11.9. The summed E-state index contributed by atoms with van der Waals surface area (Å²) in [6.07, 6.45) is 2.11. The van der Waals surface area contributed by atoms with Crippen LogP contribution in [0.3, 0.4) is 0 Å². The summed E-state index contributed by atoms with van der Waals surface area (Å²) < 4.78 is 0. The standard InChI is InChI=1S/C19H22N2O/c1-12(2)14-5-7-15(8-6-14)17-11-18(21-20-17)16-10-13(3)4-9-19(16)22/h4-12,17,20-22H,1-3H3/t17-/m1/s1. The lowest BCUT2D eigenvalue weighted by atomic mass is 9.98. The number of hydrogen-bond donors (Lipinski definition) is 3. The zero-order valence-electron chi connectivity index (χ0n) is 13.2. The lowest BCUT2D eigenvalue weighted by Gasteiger charge is -2.11. The third-order valence-corrected chi connectivity index (χ3v) is 4.10. The highest BCUT2D eigenvalue weighted by Crippen LogP contribution is 2.30. The molecule has 0 saturated carbocycles. The molecule has 1 atom stereocenters. The van der Waals surface area contributed by atoms with E-state index in [9.17, 15) is 5.11 Å². The summed E-state index contributed by atoms with van der Waals surface area (Å²) in [7, 11) is 0. The SMILES string of the molecule is Cc1ccc(O)c(C2=C[C@H](c3ccc(C(C)C)cc3)NN2)c1. The Morgan fingerprint density at radius 1 is 1.05 bits per heavy atom. The number of nitrogens with one attached hydrogen (secondary N) is 2. The maximum absolute atomic E-state index is 10.0. The Hall–Kier alpha value is -2.26. The molecular weight excluding hydrogens is 272 g/mol. The minimum Gasteiger partial charge on any atom is -0.507 e. The average molecular weight is 294 g/mol. The molecule has 1 aliphatic rings. The van der Waals surface area contributed by atoms with E-state index in [-0.39, 0.29) is 6.04 Å². The van der Waals surface area contributed by atoms with Crippen molar-refractivity contribution >= 4 is 5.70 Å². The fourth-order valence-corrected chi connectivity index (χ4v) is 2.70. The maximum atomic E-state index is 10.0. The first kappa shape index (κ1) is 14.7. The number of hydrazine groups is 1. The molecule has 3 N–H and O–H groups in total. The van der Waals surface area contributed by atoms with Crippen LogP contribution < -0.4 is 10.9 Å². The molecule has 22 heavy (non-hydrogen) atoms. The van der Waals surface area contributed by atoms with E-state index in [4.69, 9.17) is 0 Å². The first-order valence-electron chi connectivity index (χ1n) is 7.68. The Morgan fingerprint density at radius 3 is 2.45 bits per heavy atom. The van der Waals surface area contributed by atoms with Gasteiger partial charge in [-0.05, 0) is 42.2 Å². The van der Waals surface area contributed by atoms with Crippen molar-refractivity contribution in [1.82, 2.24) is 10.9 Å². The number of benzene rings is 2. The van der Waals surface area contributed by atoms with Gasteiger partial charge in [0.1, 0.15) is 5.75 Å². The molecule has 1 aliphatic heterocycles. The molecule has 0 aliphatic carbocycles. The molecule has 0 unspecified atom stereocenters. The molecule has 3 nitrogen and oxygen atoms in total. The Bertz CT molecular complexity index is 702. The molecule has 0 bridgehead atoms. The average Bonchev–Trinajstić information content (AvgIpc) is 2.99. The van der Waals surface area contributed by atoms with E-state index < -0.39 is 0 Å². The van der Waals surface area contributed by atoms with Crippen LogP contribution in [0.2, 0.25) is 0 Å². The second-order valence-electron chi connectivity index (χ2n) is 6.17. The van der Waals surface area contributed by atoms with Crippen LogP contribution in [-0.4, -0.2) is 5.11 Å². The third kappa shape index (κ3) is 2.85. The number of aryl methyl sites for hydroxylation is 1. The molecule has 3 rings (SSSR count). The highest BCUT2D eigenvalue weighted by molar-refractivity contribution is 5.71. The molecule has 3 heteroatoms. The Morgan fingerprint density at radius 2 is 1.77 bits per heavy atom. The number of hydrogen-bond acceptors (Lipinski definition) is 3. The van der Waals surface area contributed by atoms with Gasteiger partial charge in [-0.15, -0.1) is 0 Å². The van der Waals surface area contributed by atoms with E-state index in [2.05, 4.69) is 55.0 Å². The molecule has 0 radical (unpaired) electrons. The monoisotopic (exact) mass is 294 g/mol. The lowest BCUT2D eigenvalue weighted by Crippen LogP contribution is -2.26. The Labute approximate surface area is 131 Å². The maximum Gasteiger partial charge on any atom is 0.124 e. The van der Waals surface area contributed by atoms with E-state index in [1.54, 1.807) is 6.07 Å². The minimum absolute atomic E-state index is 0.108. The second-order valence-corrected chi connectivity index (χ2v) is 6.17. The van der Waals surface area contributed by atoms with Crippen molar-refractivity contribution in [1.29, 1.82) is 0 Å². The number of aromatic hydroxyl groups is 1. The van der Waals surface area contributed by atoms with Crippen molar-refractivity contribution in [2.75, 3.05) is 0 Å². The first-order chi connectivity index (χ1) is 10.5. The van der Waals surface area contributed by atoms with Crippen LogP contribution >= 0.6 is 0 Å². The van der Waals surface area contributed by atoms with E-state index in [0.717, 1.165) is 16.8 Å².